The van der Waals surface area contributed by atoms with Crippen LogP contribution in [0.3, 0.4) is 0 Å². The van der Waals surface area contributed by atoms with Crippen molar-refractivity contribution in [2.24, 2.45) is 0 Å². The summed E-state index contributed by atoms with van der Waals surface area (Å²) in [7, 11) is -0.813. The molecule has 0 aromatic heterocycles. The Bertz CT molecular complexity index is 245. The summed E-state index contributed by atoms with van der Waals surface area (Å²) in [6.07, 6.45) is 15.7. The maximum Gasteiger partial charge on any atom is 0.133 e. The topological polar surface area (TPSA) is 20.2 Å². The molecule has 0 aromatic rings. The number of hydrogen-bond acceptors (Lipinski definition) is 1. The van der Waals surface area contributed by atoms with Gasteiger partial charge in [-0.15, -0.1) is 6.42 Å². The van der Waals surface area contributed by atoms with Gasteiger partial charge in [-0.3, -0.25) is 0 Å². The molecule has 0 heterocycles. The second-order valence-corrected chi connectivity index (χ2v) is 11.5. The fourth-order valence-electron chi connectivity index (χ4n) is 1.73. The van der Waals surface area contributed by atoms with E-state index in [1.165, 1.54) is 38.1 Å². The van der Waals surface area contributed by atoms with Gasteiger partial charge in [0.25, 0.3) is 0 Å². The predicted octanol–water partition coefficient (Wildman–Crippen LogP) is 4.22. The summed E-state index contributed by atoms with van der Waals surface area (Å²) in [4.78, 5) is 0. The first kappa shape index (κ1) is 16.5. The molecule has 1 N–H and O–H groups in total. The lowest BCUT2D eigenvalue weighted by atomic mass is 10.1. The molecular formula is C15H28OSi. The second-order valence-electron chi connectivity index (χ2n) is 5.91. The van der Waals surface area contributed by atoms with Crippen molar-refractivity contribution < 1.29 is 5.11 Å². The Morgan fingerprint density at radius 2 is 1.71 bits per heavy atom. The molecule has 0 bridgehead atoms. The third kappa shape index (κ3) is 13.4. The summed E-state index contributed by atoms with van der Waals surface area (Å²) in [5, 5.41) is 9.09. The SMILES string of the molecule is C#C[C@H](O)C=CCCCCCCC[Si](C)(C)C. The molecule has 0 amide bonds. The van der Waals surface area contributed by atoms with Crippen LogP contribution in [-0.2, 0) is 0 Å². The van der Waals surface area contributed by atoms with Gasteiger partial charge in [0.1, 0.15) is 6.10 Å². The number of rotatable bonds is 9. The quantitative estimate of drug-likeness (QED) is 0.282. The van der Waals surface area contributed by atoms with Crippen molar-refractivity contribution in [1.82, 2.24) is 0 Å². The molecule has 2 heteroatoms. The van der Waals surface area contributed by atoms with Crippen molar-refractivity contribution in [1.29, 1.82) is 0 Å². The van der Waals surface area contributed by atoms with Gasteiger partial charge in [0.15, 0.2) is 0 Å². The first-order chi connectivity index (χ1) is 7.95. The van der Waals surface area contributed by atoms with Crippen LogP contribution in [0.1, 0.15) is 38.5 Å². The lowest BCUT2D eigenvalue weighted by Crippen LogP contribution is -2.18. The average molecular weight is 252 g/mol. The summed E-state index contributed by atoms with van der Waals surface area (Å²) in [6, 6.07) is 1.46. The van der Waals surface area contributed by atoms with Gasteiger partial charge in [0.05, 0.1) is 0 Å². The molecule has 0 aliphatic rings. The first-order valence-corrected chi connectivity index (χ1v) is 10.5. The van der Waals surface area contributed by atoms with E-state index in [9.17, 15) is 0 Å². The minimum Gasteiger partial charge on any atom is -0.377 e. The Kier molecular flexibility index (Phi) is 9.21. The number of allylic oxidation sites excluding steroid dienone is 1. The van der Waals surface area contributed by atoms with Crippen LogP contribution in [0.25, 0.3) is 0 Å². The van der Waals surface area contributed by atoms with Gasteiger partial charge in [-0.25, -0.2) is 0 Å². The van der Waals surface area contributed by atoms with Crippen LogP contribution in [-0.4, -0.2) is 19.3 Å². The van der Waals surface area contributed by atoms with E-state index >= 15 is 0 Å². The minimum absolute atomic E-state index is 0.702. The zero-order valence-corrected chi connectivity index (χ0v) is 12.7. The van der Waals surface area contributed by atoms with E-state index in [1.807, 2.05) is 6.08 Å². The van der Waals surface area contributed by atoms with Crippen molar-refractivity contribution in [2.75, 3.05) is 0 Å². The molecule has 0 aliphatic carbocycles. The van der Waals surface area contributed by atoms with E-state index in [0.29, 0.717) is 0 Å². The molecule has 17 heavy (non-hydrogen) atoms. The highest BCUT2D eigenvalue weighted by atomic mass is 28.3. The van der Waals surface area contributed by atoms with E-state index in [0.717, 1.165) is 6.42 Å². The molecule has 0 aliphatic heterocycles. The van der Waals surface area contributed by atoms with Crippen LogP contribution in [0.2, 0.25) is 25.7 Å². The molecular weight excluding hydrogens is 224 g/mol. The lowest BCUT2D eigenvalue weighted by molar-refractivity contribution is 0.280. The highest BCUT2D eigenvalue weighted by Crippen LogP contribution is 2.15. The van der Waals surface area contributed by atoms with Crippen molar-refractivity contribution in [3.05, 3.63) is 12.2 Å². The molecule has 0 aromatic carbocycles. The zero-order chi connectivity index (χ0) is 13.1. The number of aliphatic hydroxyl groups is 1. The van der Waals surface area contributed by atoms with Crippen LogP contribution >= 0.6 is 0 Å². The largest absolute Gasteiger partial charge is 0.377 e. The van der Waals surface area contributed by atoms with Crippen LogP contribution in [0, 0.1) is 12.3 Å². The van der Waals surface area contributed by atoms with Crippen molar-refractivity contribution in [3.63, 3.8) is 0 Å². The van der Waals surface area contributed by atoms with Crippen molar-refractivity contribution in [2.45, 2.75) is 70.3 Å². The number of hydrogen-bond donors (Lipinski definition) is 1. The van der Waals surface area contributed by atoms with Crippen LogP contribution < -0.4 is 0 Å². The fourth-order valence-corrected chi connectivity index (χ4v) is 3.04. The van der Waals surface area contributed by atoms with Crippen molar-refractivity contribution in [3.8, 4) is 12.3 Å². The van der Waals surface area contributed by atoms with Crippen molar-refractivity contribution >= 4 is 8.07 Å². The van der Waals surface area contributed by atoms with Gasteiger partial charge < -0.3 is 5.11 Å². The molecule has 0 saturated carbocycles. The number of terminal acetylenes is 1. The van der Waals surface area contributed by atoms with Crippen LogP contribution in [0.15, 0.2) is 12.2 Å². The fraction of sp³-hybridized carbons (Fsp3) is 0.733. The standard InChI is InChI=1S/C15H28OSi/c1-5-15(16)13-11-9-7-6-8-10-12-14-17(2,3)4/h1,11,13,15-16H,6-10,12,14H2,2-4H3/t15-/m0/s1. The molecule has 98 valence electrons. The van der Waals surface area contributed by atoms with E-state index in [1.54, 1.807) is 6.08 Å². The second kappa shape index (κ2) is 9.50. The molecule has 0 fully saturated rings. The molecule has 0 spiro atoms. The zero-order valence-electron chi connectivity index (χ0n) is 11.7. The third-order valence-corrected chi connectivity index (χ3v) is 4.64. The normalized spacial score (nSPS) is 13.8. The number of aliphatic hydroxyl groups excluding tert-OH is 1. The number of unbranched alkanes of at least 4 members (excludes halogenated alkanes) is 5. The Labute approximate surface area is 108 Å². The molecule has 0 rings (SSSR count). The Morgan fingerprint density at radius 1 is 1.12 bits per heavy atom. The van der Waals surface area contributed by atoms with Gasteiger partial charge >= 0.3 is 0 Å². The van der Waals surface area contributed by atoms with Gasteiger partial charge in [0, 0.05) is 8.07 Å². The van der Waals surface area contributed by atoms with E-state index in [4.69, 9.17) is 11.5 Å². The van der Waals surface area contributed by atoms with E-state index < -0.39 is 14.2 Å². The molecule has 0 radical (unpaired) electrons. The van der Waals surface area contributed by atoms with Gasteiger partial charge in [0.2, 0.25) is 0 Å². The monoisotopic (exact) mass is 252 g/mol. The highest BCUT2D eigenvalue weighted by molar-refractivity contribution is 6.76. The lowest BCUT2D eigenvalue weighted by Gasteiger charge is -2.14. The summed E-state index contributed by atoms with van der Waals surface area (Å²) in [5.41, 5.74) is 0. The highest BCUT2D eigenvalue weighted by Gasteiger charge is 2.11. The average Bonchev–Trinajstić information content (AvgIpc) is 2.25. The summed E-state index contributed by atoms with van der Waals surface area (Å²) in [5.74, 6) is 2.27. The maximum atomic E-state index is 9.09. The Morgan fingerprint density at radius 3 is 2.29 bits per heavy atom. The maximum absolute atomic E-state index is 9.09. The van der Waals surface area contributed by atoms with Crippen LogP contribution in [0.5, 0.6) is 0 Å². The smallest absolute Gasteiger partial charge is 0.133 e. The summed E-state index contributed by atoms with van der Waals surface area (Å²) in [6.45, 7) is 7.32. The van der Waals surface area contributed by atoms with Gasteiger partial charge in [-0.05, 0) is 18.9 Å². The van der Waals surface area contributed by atoms with Gasteiger partial charge in [-0.1, -0.05) is 63.4 Å². The molecule has 1 nitrogen and oxygen atoms in total. The molecule has 0 saturated heterocycles. The van der Waals surface area contributed by atoms with Crippen LogP contribution in [0.4, 0.5) is 0 Å². The van der Waals surface area contributed by atoms with E-state index in [2.05, 4.69) is 25.6 Å². The minimum atomic E-state index is -0.813. The molecule has 0 unspecified atom stereocenters. The summed E-state index contributed by atoms with van der Waals surface area (Å²) >= 11 is 0. The predicted molar refractivity (Wildman–Crippen MR) is 79.8 cm³/mol. The Hall–Kier alpha value is -0.523. The van der Waals surface area contributed by atoms with Gasteiger partial charge in [-0.2, -0.15) is 0 Å². The van der Waals surface area contributed by atoms with E-state index in [-0.39, 0.29) is 0 Å². The summed E-state index contributed by atoms with van der Waals surface area (Å²) < 4.78 is 0. The Balaban J connectivity index is 3.25. The third-order valence-electron chi connectivity index (χ3n) is 2.79. The first-order valence-electron chi connectivity index (χ1n) is 6.76. The molecule has 1 atom stereocenters.